The summed E-state index contributed by atoms with van der Waals surface area (Å²) >= 11 is 12.0. The van der Waals surface area contributed by atoms with Gasteiger partial charge in [0.1, 0.15) is 12.3 Å². The Kier molecular flexibility index (Phi) is 8.41. The molecular formula is C21H26Cl2N2O4S. The maximum Gasteiger partial charge on any atom is 0.241 e. The summed E-state index contributed by atoms with van der Waals surface area (Å²) < 4.78 is 30.9. The van der Waals surface area contributed by atoms with Gasteiger partial charge in [0.2, 0.25) is 15.9 Å². The number of methoxy groups -OCH3 is 1. The number of hydrogen-bond donors (Lipinski definition) is 1. The van der Waals surface area contributed by atoms with Crippen molar-refractivity contribution in [3.63, 3.8) is 0 Å². The first kappa shape index (κ1) is 24.3. The number of sulfonamides is 1. The Labute approximate surface area is 188 Å². The lowest BCUT2D eigenvalue weighted by Crippen LogP contribution is -2.41. The van der Waals surface area contributed by atoms with Gasteiger partial charge in [-0.25, -0.2) is 8.42 Å². The normalized spacial score (nSPS) is 12.5. The van der Waals surface area contributed by atoms with Gasteiger partial charge in [-0.15, -0.1) is 0 Å². The zero-order chi connectivity index (χ0) is 22.5. The molecule has 0 spiro atoms. The lowest BCUT2D eigenvalue weighted by molar-refractivity contribution is -0.120. The number of nitrogens with zero attached hydrogens (tertiary/aromatic N) is 1. The number of carbonyl (C=O) groups excluding carboxylic acids is 1. The van der Waals surface area contributed by atoms with Gasteiger partial charge in [0.05, 0.1) is 25.1 Å². The molecular weight excluding hydrogens is 447 g/mol. The molecule has 0 aliphatic carbocycles. The van der Waals surface area contributed by atoms with Gasteiger partial charge in [-0.3, -0.25) is 9.10 Å². The molecule has 2 aromatic rings. The van der Waals surface area contributed by atoms with E-state index in [1.54, 1.807) is 7.11 Å². The average Bonchev–Trinajstić information content (AvgIpc) is 2.63. The number of anilines is 1. The van der Waals surface area contributed by atoms with E-state index >= 15 is 0 Å². The highest BCUT2D eigenvalue weighted by atomic mass is 35.5. The van der Waals surface area contributed by atoms with Crippen LogP contribution in [-0.4, -0.2) is 34.2 Å². The highest BCUT2D eigenvalue weighted by molar-refractivity contribution is 7.92. The van der Waals surface area contributed by atoms with Gasteiger partial charge in [-0.2, -0.15) is 0 Å². The zero-order valence-electron chi connectivity index (χ0n) is 17.4. The summed E-state index contributed by atoms with van der Waals surface area (Å²) in [5.74, 6) is 0.600. The number of rotatable bonds is 9. The van der Waals surface area contributed by atoms with Gasteiger partial charge in [-0.1, -0.05) is 49.2 Å². The van der Waals surface area contributed by atoms with Crippen LogP contribution in [0.15, 0.2) is 42.5 Å². The summed E-state index contributed by atoms with van der Waals surface area (Å²) in [4.78, 5) is 12.8. The van der Waals surface area contributed by atoms with Crippen LogP contribution in [0.3, 0.4) is 0 Å². The van der Waals surface area contributed by atoms with Crippen LogP contribution in [0, 0.1) is 5.92 Å². The number of ether oxygens (including phenoxy) is 1. The molecule has 2 aromatic carbocycles. The van der Waals surface area contributed by atoms with Crippen molar-refractivity contribution >= 4 is 44.8 Å². The molecule has 0 aliphatic rings. The van der Waals surface area contributed by atoms with E-state index in [2.05, 4.69) is 19.2 Å². The molecule has 0 heterocycles. The van der Waals surface area contributed by atoms with Gasteiger partial charge in [0.25, 0.3) is 0 Å². The number of nitrogens with one attached hydrogen (secondary N) is 1. The first-order valence-electron chi connectivity index (χ1n) is 9.36. The van der Waals surface area contributed by atoms with E-state index in [1.807, 2.05) is 24.3 Å². The van der Waals surface area contributed by atoms with Gasteiger partial charge in [0, 0.05) is 10.0 Å². The van der Waals surface area contributed by atoms with Crippen LogP contribution in [0.5, 0.6) is 5.75 Å². The number of hydrogen-bond acceptors (Lipinski definition) is 4. The molecule has 0 bridgehead atoms. The van der Waals surface area contributed by atoms with E-state index in [0.29, 0.717) is 12.3 Å². The van der Waals surface area contributed by atoms with Gasteiger partial charge >= 0.3 is 0 Å². The lowest BCUT2D eigenvalue weighted by atomic mass is 9.97. The van der Waals surface area contributed by atoms with Crippen LogP contribution >= 0.6 is 23.2 Å². The third-order valence-corrected chi connectivity index (χ3v) is 5.96. The highest BCUT2D eigenvalue weighted by Gasteiger charge is 2.24. The molecule has 164 valence electrons. The lowest BCUT2D eigenvalue weighted by Gasteiger charge is -2.25. The quantitative estimate of drug-likeness (QED) is 0.574. The first-order valence-corrected chi connectivity index (χ1v) is 12.0. The van der Waals surface area contributed by atoms with E-state index in [0.717, 1.165) is 21.9 Å². The molecule has 0 saturated heterocycles. The topological polar surface area (TPSA) is 75.7 Å². The summed E-state index contributed by atoms with van der Waals surface area (Å²) in [6.07, 6.45) is 1.73. The summed E-state index contributed by atoms with van der Waals surface area (Å²) in [6.45, 7) is 3.72. The smallest absolute Gasteiger partial charge is 0.241 e. The maximum absolute atomic E-state index is 12.8. The van der Waals surface area contributed by atoms with E-state index < -0.39 is 15.9 Å². The summed E-state index contributed by atoms with van der Waals surface area (Å²) in [6, 6.07) is 11.6. The Morgan fingerprint density at radius 1 is 1.10 bits per heavy atom. The number of benzene rings is 2. The van der Waals surface area contributed by atoms with Crippen LogP contribution in [0.25, 0.3) is 0 Å². The van der Waals surface area contributed by atoms with Crippen molar-refractivity contribution in [1.29, 1.82) is 0 Å². The third-order valence-electron chi connectivity index (χ3n) is 4.38. The molecule has 30 heavy (non-hydrogen) atoms. The summed E-state index contributed by atoms with van der Waals surface area (Å²) in [7, 11) is -2.15. The first-order chi connectivity index (χ1) is 14.0. The fourth-order valence-electron chi connectivity index (χ4n) is 3.04. The molecule has 0 aromatic heterocycles. The Bertz CT molecular complexity index is 959. The third kappa shape index (κ3) is 7.07. The largest absolute Gasteiger partial charge is 0.497 e. The summed E-state index contributed by atoms with van der Waals surface area (Å²) in [5, 5.41) is 3.51. The van der Waals surface area contributed by atoms with E-state index in [1.165, 1.54) is 18.2 Å². The van der Waals surface area contributed by atoms with E-state index in [-0.39, 0.29) is 28.3 Å². The van der Waals surface area contributed by atoms with Crippen molar-refractivity contribution < 1.29 is 17.9 Å². The second-order valence-electron chi connectivity index (χ2n) is 7.42. The average molecular weight is 473 g/mol. The molecule has 0 unspecified atom stereocenters. The van der Waals surface area contributed by atoms with Crippen molar-refractivity contribution in [2.45, 2.75) is 26.3 Å². The van der Waals surface area contributed by atoms with Crippen molar-refractivity contribution in [3.8, 4) is 5.75 Å². The van der Waals surface area contributed by atoms with Crippen LogP contribution in [0.4, 0.5) is 5.69 Å². The van der Waals surface area contributed by atoms with Crippen molar-refractivity contribution in [1.82, 2.24) is 5.32 Å². The van der Waals surface area contributed by atoms with Crippen LogP contribution in [-0.2, 0) is 14.8 Å². The minimum Gasteiger partial charge on any atom is -0.497 e. The SMILES string of the molecule is COc1ccc([C@H](CC(C)C)NC(=O)CN(c2cc(Cl)cc(Cl)c2)S(C)(=O)=O)cc1. The molecule has 0 fully saturated rings. The Balaban J connectivity index is 2.25. The van der Waals surface area contributed by atoms with Crippen molar-refractivity contribution in [2.75, 3.05) is 24.2 Å². The minimum atomic E-state index is -3.74. The molecule has 1 atom stereocenters. The monoisotopic (exact) mass is 472 g/mol. The van der Waals surface area contributed by atoms with Gasteiger partial charge < -0.3 is 10.1 Å². The van der Waals surface area contributed by atoms with Gasteiger partial charge in [0.15, 0.2) is 0 Å². The maximum atomic E-state index is 12.8. The highest BCUT2D eigenvalue weighted by Crippen LogP contribution is 2.27. The van der Waals surface area contributed by atoms with Crippen LogP contribution in [0.1, 0.15) is 31.9 Å². The molecule has 9 heteroatoms. The van der Waals surface area contributed by atoms with Crippen molar-refractivity contribution in [2.24, 2.45) is 5.92 Å². The van der Waals surface area contributed by atoms with Crippen LogP contribution in [0.2, 0.25) is 10.0 Å². The molecule has 1 N–H and O–H groups in total. The van der Waals surface area contributed by atoms with E-state index in [9.17, 15) is 13.2 Å². The second-order valence-corrected chi connectivity index (χ2v) is 10.2. The second kappa shape index (κ2) is 10.4. The minimum absolute atomic E-state index is 0.231. The molecule has 0 aliphatic heterocycles. The predicted octanol–water partition coefficient (Wildman–Crippen LogP) is 4.67. The molecule has 0 saturated carbocycles. The molecule has 0 radical (unpaired) electrons. The number of halogens is 2. The zero-order valence-corrected chi connectivity index (χ0v) is 19.7. The standard InChI is InChI=1S/C21H26Cl2N2O4S/c1-14(2)9-20(15-5-7-19(29-3)8-6-15)24-21(26)13-25(30(4,27)28)18-11-16(22)10-17(23)12-18/h5-8,10-12,14,20H,9,13H2,1-4H3,(H,24,26)/t20-/m0/s1. The Morgan fingerprint density at radius 3 is 2.13 bits per heavy atom. The fourth-order valence-corrected chi connectivity index (χ4v) is 4.39. The summed E-state index contributed by atoms with van der Waals surface area (Å²) in [5.41, 5.74) is 1.14. The fraction of sp³-hybridized carbons (Fsp3) is 0.381. The van der Waals surface area contributed by atoms with Crippen molar-refractivity contribution in [3.05, 3.63) is 58.1 Å². The Morgan fingerprint density at radius 2 is 1.67 bits per heavy atom. The van der Waals surface area contributed by atoms with E-state index in [4.69, 9.17) is 27.9 Å². The van der Waals surface area contributed by atoms with Crippen LogP contribution < -0.4 is 14.4 Å². The Hall–Kier alpha value is -1.96. The molecule has 2 rings (SSSR count). The number of carbonyl (C=O) groups is 1. The number of amides is 1. The predicted molar refractivity (Wildman–Crippen MR) is 122 cm³/mol. The molecule has 1 amide bonds. The molecule has 6 nitrogen and oxygen atoms in total. The van der Waals surface area contributed by atoms with Gasteiger partial charge in [-0.05, 0) is 48.2 Å².